The number of hydrogen-bond donors (Lipinski definition) is 3. The van der Waals surface area contributed by atoms with Gasteiger partial charge in [-0.3, -0.25) is 4.40 Å². The topological polar surface area (TPSA) is 113 Å². The second kappa shape index (κ2) is 11.2. The molecule has 0 fully saturated rings. The van der Waals surface area contributed by atoms with Crippen LogP contribution in [0.1, 0.15) is 23.9 Å². The Balaban J connectivity index is 0.00000320. The number of hydrogen-bond acceptors (Lipinski definition) is 5. The van der Waals surface area contributed by atoms with Crippen molar-refractivity contribution < 1.29 is 8.42 Å². The van der Waals surface area contributed by atoms with Crippen LogP contribution in [-0.2, 0) is 28.9 Å². The lowest BCUT2D eigenvalue weighted by Crippen LogP contribution is -2.37. The van der Waals surface area contributed by atoms with Crippen LogP contribution in [0.15, 0.2) is 53.7 Å². The molecular weight excluding hydrogens is 517 g/mol. The van der Waals surface area contributed by atoms with Crippen LogP contribution in [0.3, 0.4) is 0 Å². The van der Waals surface area contributed by atoms with Gasteiger partial charge in [-0.15, -0.1) is 34.2 Å². The van der Waals surface area contributed by atoms with Crippen molar-refractivity contribution in [1.82, 2.24) is 30.0 Å². The van der Waals surface area contributed by atoms with Crippen molar-refractivity contribution in [2.24, 2.45) is 4.99 Å². The minimum absolute atomic E-state index is 0. The first kappa shape index (κ1) is 24.0. The first-order valence-corrected chi connectivity index (χ1v) is 11.0. The average molecular weight is 543 g/mol. The van der Waals surface area contributed by atoms with Crippen LogP contribution in [0.5, 0.6) is 0 Å². The molecule has 0 spiro atoms. The summed E-state index contributed by atoms with van der Waals surface area (Å²) < 4.78 is 27.5. The van der Waals surface area contributed by atoms with E-state index >= 15 is 0 Å². The molecule has 0 aliphatic carbocycles. The Bertz CT molecular complexity index is 1080. The highest BCUT2D eigenvalue weighted by molar-refractivity contribution is 14.0. The van der Waals surface area contributed by atoms with Crippen LogP contribution in [0.2, 0.25) is 0 Å². The number of aliphatic imine (C=N–C) groups is 1. The number of halogens is 1. The Labute approximate surface area is 193 Å². The summed E-state index contributed by atoms with van der Waals surface area (Å²) in [5.74, 6) is 1.42. The highest BCUT2D eigenvalue weighted by Gasteiger charge is 2.08. The van der Waals surface area contributed by atoms with Crippen LogP contribution in [0.4, 0.5) is 0 Å². The molecule has 0 saturated heterocycles. The van der Waals surface area contributed by atoms with Gasteiger partial charge in [-0.25, -0.2) is 18.1 Å². The van der Waals surface area contributed by atoms with Crippen LogP contribution in [0, 0.1) is 0 Å². The third kappa shape index (κ3) is 6.64. The Kier molecular flexibility index (Phi) is 8.99. The Morgan fingerprint density at radius 2 is 1.80 bits per heavy atom. The molecule has 0 unspecified atom stereocenters. The number of aromatic nitrogens is 3. The second-order valence-corrected chi connectivity index (χ2v) is 8.30. The fourth-order valence-electron chi connectivity index (χ4n) is 2.72. The molecule has 0 atom stereocenters. The monoisotopic (exact) mass is 543 g/mol. The van der Waals surface area contributed by atoms with Gasteiger partial charge in [-0.2, -0.15) is 0 Å². The third-order valence-corrected chi connectivity index (χ3v) is 5.59. The molecule has 0 amide bonds. The molecule has 0 saturated carbocycles. The lowest BCUT2D eigenvalue weighted by atomic mass is 10.1. The first-order valence-electron chi connectivity index (χ1n) is 9.30. The van der Waals surface area contributed by atoms with Gasteiger partial charge < -0.3 is 10.6 Å². The number of guanidine groups is 1. The zero-order chi connectivity index (χ0) is 20.7. The molecule has 3 N–H and O–H groups in total. The summed E-state index contributed by atoms with van der Waals surface area (Å²) in [6, 6.07) is 13.2. The Hall–Kier alpha value is -2.25. The fourth-order valence-corrected chi connectivity index (χ4v) is 3.49. The quantitative estimate of drug-likeness (QED) is 0.226. The van der Waals surface area contributed by atoms with Crippen molar-refractivity contribution in [2.45, 2.75) is 25.8 Å². The van der Waals surface area contributed by atoms with Crippen molar-refractivity contribution in [3.05, 3.63) is 65.6 Å². The number of benzene rings is 1. The highest BCUT2D eigenvalue weighted by atomic mass is 127. The fraction of sp³-hybridized carbons (Fsp3) is 0.316. The molecule has 0 radical (unpaired) electrons. The van der Waals surface area contributed by atoms with Crippen molar-refractivity contribution in [2.75, 3.05) is 13.6 Å². The first-order chi connectivity index (χ1) is 14.0. The van der Waals surface area contributed by atoms with Gasteiger partial charge in [-0.05, 0) is 37.2 Å². The number of pyridine rings is 1. The van der Waals surface area contributed by atoms with Crippen molar-refractivity contribution in [3.63, 3.8) is 0 Å². The predicted molar refractivity (Wildman–Crippen MR) is 128 cm³/mol. The zero-order valence-electron chi connectivity index (χ0n) is 16.9. The van der Waals surface area contributed by atoms with Crippen LogP contribution < -0.4 is 15.4 Å². The summed E-state index contributed by atoms with van der Waals surface area (Å²) in [6.45, 7) is 3.68. The van der Waals surface area contributed by atoms with Gasteiger partial charge >= 0.3 is 0 Å². The maximum atomic E-state index is 11.6. The Morgan fingerprint density at radius 3 is 2.50 bits per heavy atom. The summed E-state index contributed by atoms with van der Waals surface area (Å²) in [4.78, 5) is 4.59. The normalized spacial score (nSPS) is 11.9. The van der Waals surface area contributed by atoms with Crippen LogP contribution in [0.25, 0.3) is 5.65 Å². The Morgan fingerprint density at radius 1 is 1.07 bits per heavy atom. The molecule has 162 valence electrons. The molecule has 1 aromatic carbocycles. The van der Waals surface area contributed by atoms with E-state index in [4.69, 9.17) is 0 Å². The van der Waals surface area contributed by atoms with Gasteiger partial charge in [0.25, 0.3) is 0 Å². The molecule has 11 heteroatoms. The average Bonchev–Trinajstić information content (AvgIpc) is 3.14. The molecule has 0 aliphatic rings. The maximum Gasteiger partial charge on any atom is 0.215 e. The van der Waals surface area contributed by atoms with E-state index in [0.29, 0.717) is 19.0 Å². The summed E-state index contributed by atoms with van der Waals surface area (Å²) in [5, 5.41) is 14.8. The molecule has 0 bridgehead atoms. The number of rotatable bonds is 8. The molecule has 30 heavy (non-hydrogen) atoms. The van der Waals surface area contributed by atoms with E-state index < -0.39 is 10.0 Å². The van der Waals surface area contributed by atoms with E-state index in [1.807, 2.05) is 60.0 Å². The lowest BCUT2D eigenvalue weighted by Gasteiger charge is -2.11. The molecular formula is C19H26IN7O2S. The summed E-state index contributed by atoms with van der Waals surface area (Å²) in [5.41, 5.74) is 2.52. The molecule has 2 aromatic heterocycles. The van der Waals surface area contributed by atoms with E-state index in [2.05, 4.69) is 30.5 Å². The van der Waals surface area contributed by atoms with Gasteiger partial charge in [0.2, 0.25) is 10.0 Å². The summed E-state index contributed by atoms with van der Waals surface area (Å²) >= 11 is 0. The molecule has 0 aliphatic heterocycles. The standard InChI is InChI=1S/C19H25N7O2S.HI/c1-3-21-19(23-13-18-25-24-17-6-4-5-11-26(17)18)22-12-15-7-9-16(10-8-15)14-29(27,28)20-2;/h4-11,20H,3,12-14H2,1-2H3,(H2,21,22,23);1H. The van der Waals surface area contributed by atoms with Gasteiger partial charge in [0.1, 0.15) is 0 Å². The minimum atomic E-state index is -3.27. The van der Waals surface area contributed by atoms with E-state index in [1.165, 1.54) is 7.05 Å². The molecule has 3 rings (SSSR count). The number of fused-ring (bicyclic) bond motifs is 1. The van der Waals surface area contributed by atoms with Gasteiger partial charge in [0.05, 0.1) is 18.8 Å². The smallest absolute Gasteiger partial charge is 0.215 e. The lowest BCUT2D eigenvalue weighted by molar-refractivity contribution is 0.587. The number of nitrogens with zero attached hydrogens (tertiary/aromatic N) is 4. The van der Waals surface area contributed by atoms with Crippen LogP contribution >= 0.6 is 24.0 Å². The van der Waals surface area contributed by atoms with E-state index in [0.717, 1.165) is 29.1 Å². The van der Waals surface area contributed by atoms with Gasteiger partial charge in [0, 0.05) is 12.7 Å². The maximum absolute atomic E-state index is 11.6. The largest absolute Gasteiger partial charge is 0.357 e. The molecule has 3 aromatic rings. The second-order valence-electron chi connectivity index (χ2n) is 6.37. The van der Waals surface area contributed by atoms with E-state index in [-0.39, 0.29) is 29.7 Å². The van der Waals surface area contributed by atoms with E-state index in [9.17, 15) is 8.42 Å². The van der Waals surface area contributed by atoms with Crippen molar-refractivity contribution >= 4 is 45.6 Å². The highest BCUT2D eigenvalue weighted by Crippen LogP contribution is 2.09. The van der Waals surface area contributed by atoms with Crippen molar-refractivity contribution in [1.29, 1.82) is 0 Å². The molecule has 9 nitrogen and oxygen atoms in total. The predicted octanol–water partition coefficient (Wildman–Crippen LogP) is 1.65. The van der Waals surface area contributed by atoms with E-state index in [1.54, 1.807) is 0 Å². The van der Waals surface area contributed by atoms with Gasteiger partial charge in [0.15, 0.2) is 17.4 Å². The summed E-state index contributed by atoms with van der Waals surface area (Å²) in [6.07, 6.45) is 1.92. The molecule has 2 heterocycles. The number of sulfonamides is 1. The summed E-state index contributed by atoms with van der Waals surface area (Å²) in [7, 11) is -1.86. The number of nitrogens with one attached hydrogen (secondary N) is 3. The van der Waals surface area contributed by atoms with Gasteiger partial charge in [-0.1, -0.05) is 30.3 Å². The zero-order valence-corrected chi connectivity index (χ0v) is 20.0. The third-order valence-electron chi connectivity index (χ3n) is 4.25. The minimum Gasteiger partial charge on any atom is -0.357 e. The van der Waals surface area contributed by atoms with Crippen LogP contribution in [-0.4, -0.2) is 42.6 Å². The van der Waals surface area contributed by atoms with Crippen molar-refractivity contribution in [3.8, 4) is 0 Å². The SMILES string of the molecule is CCNC(=NCc1ccc(CS(=O)(=O)NC)cc1)NCc1nnc2ccccn12.I.